The van der Waals surface area contributed by atoms with Crippen molar-refractivity contribution in [1.29, 1.82) is 0 Å². The average Bonchev–Trinajstić information content (AvgIpc) is 2.97. The number of anilines is 2. The largest absolute Gasteiger partial charge is 0.336 e. The fourth-order valence-corrected chi connectivity index (χ4v) is 2.43. The number of amides is 3. The summed E-state index contributed by atoms with van der Waals surface area (Å²) in [4.78, 5) is 25.5. The van der Waals surface area contributed by atoms with E-state index in [1.165, 1.54) is 12.1 Å². The number of urea groups is 1. The number of hydrogen-bond acceptors (Lipinski definition) is 2. The Hall–Kier alpha value is -2.89. The van der Waals surface area contributed by atoms with Crippen LogP contribution in [0.3, 0.4) is 0 Å². The molecule has 2 N–H and O–H groups in total. The van der Waals surface area contributed by atoms with Crippen LogP contribution in [0, 0.1) is 12.7 Å². The van der Waals surface area contributed by atoms with Gasteiger partial charge >= 0.3 is 6.03 Å². The van der Waals surface area contributed by atoms with Crippen molar-refractivity contribution in [3.63, 3.8) is 0 Å². The molecule has 5 nitrogen and oxygen atoms in total. The highest BCUT2D eigenvalue weighted by Crippen LogP contribution is 2.20. The normalized spacial score (nSPS) is 13.8. The van der Waals surface area contributed by atoms with Gasteiger partial charge in [0.2, 0.25) is 0 Å². The molecule has 0 saturated carbocycles. The zero-order valence-electron chi connectivity index (χ0n) is 12.6. The first kappa shape index (κ1) is 15.0. The van der Waals surface area contributed by atoms with Crippen molar-refractivity contribution in [3.8, 4) is 0 Å². The molecule has 0 aromatic heterocycles. The van der Waals surface area contributed by atoms with Crippen molar-refractivity contribution in [2.75, 3.05) is 23.3 Å². The summed E-state index contributed by atoms with van der Waals surface area (Å²) in [6.07, 6.45) is 0. The summed E-state index contributed by atoms with van der Waals surface area (Å²) in [6.45, 7) is 3.01. The van der Waals surface area contributed by atoms with E-state index < -0.39 is 5.82 Å². The van der Waals surface area contributed by atoms with Crippen molar-refractivity contribution < 1.29 is 14.0 Å². The molecule has 2 aromatic carbocycles. The average molecular weight is 313 g/mol. The number of hydrogen-bond donors (Lipinski definition) is 2. The molecule has 3 amide bonds. The van der Waals surface area contributed by atoms with Gasteiger partial charge in [-0.1, -0.05) is 6.07 Å². The lowest BCUT2D eigenvalue weighted by molar-refractivity contribution is 0.102. The molecule has 2 aromatic rings. The van der Waals surface area contributed by atoms with E-state index >= 15 is 0 Å². The monoisotopic (exact) mass is 313 g/mol. The SMILES string of the molecule is Cc1ccc(F)cc1NC(=O)c1ccc(N2CCNC2=O)cc1. The third-order valence-electron chi connectivity index (χ3n) is 3.75. The van der Waals surface area contributed by atoms with Crippen molar-refractivity contribution in [1.82, 2.24) is 5.32 Å². The zero-order valence-corrected chi connectivity index (χ0v) is 12.6. The lowest BCUT2D eigenvalue weighted by Gasteiger charge is -2.14. The van der Waals surface area contributed by atoms with Gasteiger partial charge in [-0.3, -0.25) is 9.69 Å². The van der Waals surface area contributed by atoms with Gasteiger partial charge in [-0.15, -0.1) is 0 Å². The molecule has 0 spiro atoms. The first-order chi connectivity index (χ1) is 11.0. The number of nitrogens with one attached hydrogen (secondary N) is 2. The minimum absolute atomic E-state index is 0.141. The van der Waals surface area contributed by atoms with E-state index in [1.807, 2.05) is 0 Å². The Kier molecular flexibility index (Phi) is 3.97. The second-order valence-electron chi connectivity index (χ2n) is 5.34. The third-order valence-corrected chi connectivity index (χ3v) is 3.75. The molecule has 23 heavy (non-hydrogen) atoms. The molecular formula is C17H16FN3O2. The summed E-state index contributed by atoms with van der Waals surface area (Å²) in [6, 6.07) is 10.8. The van der Waals surface area contributed by atoms with Gasteiger partial charge in [-0.25, -0.2) is 9.18 Å². The van der Waals surface area contributed by atoms with Crippen molar-refractivity contribution >= 4 is 23.3 Å². The molecule has 118 valence electrons. The second-order valence-corrected chi connectivity index (χ2v) is 5.34. The molecular weight excluding hydrogens is 297 g/mol. The molecule has 1 saturated heterocycles. The van der Waals surface area contributed by atoms with E-state index in [0.717, 1.165) is 11.3 Å². The fraction of sp³-hybridized carbons (Fsp3) is 0.176. The summed E-state index contributed by atoms with van der Waals surface area (Å²) >= 11 is 0. The van der Waals surface area contributed by atoms with Crippen molar-refractivity contribution in [2.24, 2.45) is 0 Å². The van der Waals surface area contributed by atoms with Crippen LogP contribution in [0.5, 0.6) is 0 Å². The van der Waals surface area contributed by atoms with Gasteiger partial charge < -0.3 is 10.6 Å². The maximum absolute atomic E-state index is 13.3. The molecule has 1 heterocycles. The summed E-state index contributed by atoms with van der Waals surface area (Å²) in [5, 5.41) is 5.42. The molecule has 1 fully saturated rings. The van der Waals surface area contributed by atoms with E-state index in [4.69, 9.17) is 0 Å². The third kappa shape index (κ3) is 3.15. The van der Waals surface area contributed by atoms with Crippen LogP contribution in [-0.2, 0) is 0 Å². The Morgan fingerprint density at radius 2 is 1.96 bits per heavy atom. The van der Waals surface area contributed by atoms with E-state index in [0.29, 0.717) is 24.3 Å². The van der Waals surface area contributed by atoms with Crippen LogP contribution in [-0.4, -0.2) is 25.0 Å². The first-order valence-corrected chi connectivity index (χ1v) is 7.27. The van der Waals surface area contributed by atoms with E-state index in [-0.39, 0.29) is 11.9 Å². The highest BCUT2D eigenvalue weighted by molar-refractivity contribution is 6.05. The van der Waals surface area contributed by atoms with Crippen LogP contribution in [0.2, 0.25) is 0 Å². The van der Waals surface area contributed by atoms with Gasteiger partial charge in [0, 0.05) is 30.0 Å². The molecule has 6 heteroatoms. The summed E-state index contributed by atoms with van der Waals surface area (Å²) in [5.74, 6) is -0.725. The topological polar surface area (TPSA) is 61.4 Å². The highest BCUT2D eigenvalue weighted by Gasteiger charge is 2.21. The number of rotatable bonds is 3. The number of aryl methyl sites for hydroxylation is 1. The second kappa shape index (κ2) is 6.08. The molecule has 1 aliphatic heterocycles. The van der Waals surface area contributed by atoms with Crippen molar-refractivity contribution in [3.05, 3.63) is 59.4 Å². The Balaban J connectivity index is 1.75. The van der Waals surface area contributed by atoms with Crippen LogP contribution in [0.4, 0.5) is 20.6 Å². The predicted molar refractivity (Wildman–Crippen MR) is 86.3 cm³/mol. The Labute approximate surface area is 133 Å². The van der Waals surface area contributed by atoms with E-state index in [2.05, 4.69) is 10.6 Å². The van der Waals surface area contributed by atoms with Crippen molar-refractivity contribution in [2.45, 2.75) is 6.92 Å². The number of benzene rings is 2. The molecule has 0 atom stereocenters. The van der Waals surface area contributed by atoms with Gasteiger partial charge in [0.15, 0.2) is 0 Å². The molecule has 0 aliphatic carbocycles. The predicted octanol–water partition coefficient (Wildman–Crippen LogP) is 2.92. The van der Waals surface area contributed by atoms with Gasteiger partial charge in [0.25, 0.3) is 5.91 Å². The standard InChI is InChI=1S/C17H16FN3O2/c1-11-2-5-13(18)10-15(11)20-16(22)12-3-6-14(7-4-12)21-9-8-19-17(21)23/h2-7,10H,8-9H2,1H3,(H,19,23)(H,20,22). The van der Waals surface area contributed by atoms with E-state index in [1.54, 1.807) is 42.2 Å². The minimum Gasteiger partial charge on any atom is -0.336 e. The van der Waals surface area contributed by atoms with Crippen LogP contribution >= 0.6 is 0 Å². The van der Waals surface area contributed by atoms with Crippen LogP contribution in [0.1, 0.15) is 15.9 Å². The number of carbonyl (C=O) groups excluding carboxylic acids is 2. The summed E-state index contributed by atoms with van der Waals surface area (Å²) in [7, 11) is 0. The van der Waals surface area contributed by atoms with Crippen LogP contribution < -0.4 is 15.5 Å². The molecule has 0 bridgehead atoms. The lowest BCUT2D eigenvalue weighted by Crippen LogP contribution is -2.27. The van der Waals surface area contributed by atoms with Gasteiger partial charge in [0.05, 0.1) is 0 Å². The van der Waals surface area contributed by atoms with E-state index in [9.17, 15) is 14.0 Å². The lowest BCUT2D eigenvalue weighted by atomic mass is 10.1. The zero-order chi connectivity index (χ0) is 16.4. The number of halogens is 1. The maximum Gasteiger partial charge on any atom is 0.321 e. The van der Waals surface area contributed by atoms with Gasteiger partial charge in [-0.05, 0) is 48.9 Å². The minimum atomic E-state index is -0.402. The Morgan fingerprint density at radius 3 is 2.61 bits per heavy atom. The molecule has 0 unspecified atom stereocenters. The number of nitrogens with zero attached hydrogens (tertiary/aromatic N) is 1. The summed E-state index contributed by atoms with van der Waals surface area (Å²) in [5.41, 5.74) is 2.40. The smallest absolute Gasteiger partial charge is 0.321 e. The summed E-state index contributed by atoms with van der Waals surface area (Å²) < 4.78 is 13.3. The highest BCUT2D eigenvalue weighted by atomic mass is 19.1. The van der Waals surface area contributed by atoms with Crippen LogP contribution in [0.15, 0.2) is 42.5 Å². The van der Waals surface area contributed by atoms with Crippen LogP contribution in [0.25, 0.3) is 0 Å². The van der Waals surface area contributed by atoms with Gasteiger partial charge in [-0.2, -0.15) is 0 Å². The Morgan fingerprint density at radius 1 is 1.22 bits per heavy atom. The quantitative estimate of drug-likeness (QED) is 0.915. The maximum atomic E-state index is 13.3. The molecule has 3 rings (SSSR count). The van der Waals surface area contributed by atoms with Gasteiger partial charge in [0.1, 0.15) is 5.82 Å². The number of carbonyl (C=O) groups is 2. The Bertz CT molecular complexity index is 759. The first-order valence-electron chi connectivity index (χ1n) is 7.27. The molecule has 1 aliphatic rings. The fourth-order valence-electron chi connectivity index (χ4n) is 2.43. The molecule has 0 radical (unpaired) electrons.